The molecule has 0 radical (unpaired) electrons. The molecule has 1 N–H and O–H groups in total. The number of carbonyl (C=O) groups is 3. The van der Waals surface area contributed by atoms with Crippen molar-refractivity contribution in [3.05, 3.63) is 18.2 Å². The number of nitrogens with one attached hydrogen (secondary N) is 1. The lowest BCUT2D eigenvalue weighted by molar-refractivity contribution is -0.142. The van der Waals surface area contributed by atoms with E-state index in [0.717, 1.165) is 37.0 Å². The minimum Gasteiger partial charge on any atom is -0.490 e. The lowest BCUT2D eigenvalue weighted by atomic mass is 9.81. The Bertz CT molecular complexity index is 723. The summed E-state index contributed by atoms with van der Waals surface area (Å²) in [6.45, 7) is 0.920. The average Bonchev–Trinajstić information content (AvgIpc) is 2.82. The number of anilines is 1. The highest BCUT2D eigenvalue weighted by Crippen LogP contribution is 2.38. The van der Waals surface area contributed by atoms with Gasteiger partial charge in [0.2, 0.25) is 17.7 Å². The summed E-state index contributed by atoms with van der Waals surface area (Å²) in [5, 5.41) is 2.74. The van der Waals surface area contributed by atoms with Crippen molar-refractivity contribution in [2.75, 3.05) is 25.1 Å². The molecule has 0 spiro atoms. The van der Waals surface area contributed by atoms with Gasteiger partial charge in [0, 0.05) is 18.2 Å². The summed E-state index contributed by atoms with van der Waals surface area (Å²) in [4.78, 5) is 38.4. The van der Waals surface area contributed by atoms with Gasteiger partial charge in [0.1, 0.15) is 6.54 Å². The Labute approximate surface area is 151 Å². The molecule has 2 fully saturated rings. The summed E-state index contributed by atoms with van der Waals surface area (Å²) in [6, 6.07) is 5.17. The Morgan fingerprint density at radius 2 is 1.65 bits per heavy atom. The predicted molar refractivity (Wildman–Crippen MR) is 92.8 cm³/mol. The van der Waals surface area contributed by atoms with Crippen LogP contribution in [0.2, 0.25) is 0 Å². The maximum absolute atomic E-state index is 12.5. The number of carbonyl (C=O) groups excluding carboxylic acids is 3. The highest BCUT2D eigenvalue weighted by Gasteiger charge is 2.48. The van der Waals surface area contributed by atoms with Gasteiger partial charge < -0.3 is 14.8 Å². The topological polar surface area (TPSA) is 84.9 Å². The van der Waals surface area contributed by atoms with Crippen LogP contribution in [0.5, 0.6) is 11.5 Å². The van der Waals surface area contributed by atoms with Gasteiger partial charge >= 0.3 is 0 Å². The lowest BCUT2D eigenvalue weighted by Gasteiger charge is -2.19. The van der Waals surface area contributed by atoms with E-state index < -0.39 is 0 Å². The SMILES string of the molecule is O=C(CN1C(=O)C2CCCCC2C1=O)Nc1ccc2c(c1)OCCCO2. The molecule has 7 heteroatoms. The highest BCUT2D eigenvalue weighted by molar-refractivity contribution is 6.08. The highest BCUT2D eigenvalue weighted by atomic mass is 16.5. The van der Waals surface area contributed by atoms with Gasteiger partial charge in [-0.3, -0.25) is 19.3 Å². The van der Waals surface area contributed by atoms with Crippen LogP contribution < -0.4 is 14.8 Å². The van der Waals surface area contributed by atoms with E-state index >= 15 is 0 Å². The first-order valence-corrected chi connectivity index (χ1v) is 9.18. The van der Waals surface area contributed by atoms with Crippen LogP contribution in [0, 0.1) is 11.8 Å². The van der Waals surface area contributed by atoms with Gasteiger partial charge in [-0.05, 0) is 25.0 Å². The third-order valence-electron chi connectivity index (χ3n) is 5.27. The molecule has 1 saturated carbocycles. The van der Waals surface area contributed by atoms with Crippen LogP contribution in [0.25, 0.3) is 0 Å². The Balaban J connectivity index is 1.42. The molecule has 1 aromatic carbocycles. The van der Waals surface area contributed by atoms with Crippen LogP contribution in [0.4, 0.5) is 5.69 Å². The van der Waals surface area contributed by atoms with E-state index in [0.29, 0.717) is 30.4 Å². The lowest BCUT2D eigenvalue weighted by Crippen LogP contribution is -2.38. The molecule has 2 aliphatic heterocycles. The van der Waals surface area contributed by atoms with E-state index in [1.54, 1.807) is 18.2 Å². The summed E-state index contributed by atoms with van der Waals surface area (Å²) in [7, 11) is 0. The van der Waals surface area contributed by atoms with Crippen LogP contribution in [-0.2, 0) is 14.4 Å². The maximum atomic E-state index is 12.5. The third-order valence-corrected chi connectivity index (χ3v) is 5.27. The molecule has 0 aromatic heterocycles. The summed E-state index contributed by atoms with van der Waals surface area (Å²) < 4.78 is 11.2. The predicted octanol–water partition coefficient (Wildman–Crippen LogP) is 1.96. The monoisotopic (exact) mass is 358 g/mol. The Morgan fingerprint density at radius 3 is 2.35 bits per heavy atom. The van der Waals surface area contributed by atoms with Crippen molar-refractivity contribution >= 4 is 23.4 Å². The second kappa shape index (κ2) is 6.97. The van der Waals surface area contributed by atoms with Crippen molar-refractivity contribution in [3.63, 3.8) is 0 Å². The first-order valence-electron chi connectivity index (χ1n) is 9.18. The quantitative estimate of drug-likeness (QED) is 0.835. The smallest absolute Gasteiger partial charge is 0.244 e. The van der Waals surface area contributed by atoms with Crippen molar-refractivity contribution < 1.29 is 23.9 Å². The van der Waals surface area contributed by atoms with E-state index in [9.17, 15) is 14.4 Å². The molecule has 138 valence electrons. The van der Waals surface area contributed by atoms with Crippen LogP contribution >= 0.6 is 0 Å². The molecule has 4 rings (SSSR count). The van der Waals surface area contributed by atoms with Crippen molar-refractivity contribution in [3.8, 4) is 11.5 Å². The number of rotatable bonds is 3. The van der Waals surface area contributed by atoms with Crippen LogP contribution in [0.3, 0.4) is 0 Å². The fraction of sp³-hybridized carbons (Fsp3) is 0.526. The first-order chi connectivity index (χ1) is 12.6. The molecule has 7 nitrogen and oxygen atoms in total. The van der Waals surface area contributed by atoms with E-state index in [1.807, 2.05) is 0 Å². The summed E-state index contributed by atoms with van der Waals surface area (Å²) in [5.74, 6) is -0.0276. The zero-order chi connectivity index (χ0) is 18.1. The van der Waals surface area contributed by atoms with E-state index in [2.05, 4.69) is 5.32 Å². The van der Waals surface area contributed by atoms with Crippen molar-refractivity contribution in [1.29, 1.82) is 0 Å². The molecule has 1 aliphatic carbocycles. The molecule has 26 heavy (non-hydrogen) atoms. The van der Waals surface area contributed by atoms with Gasteiger partial charge in [0.15, 0.2) is 11.5 Å². The van der Waals surface area contributed by atoms with Gasteiger partial charge in [-0.25, -0.2) is 0 Å². The van der Waals surface area contributed by atoms with Gasteiger partial charge in [-0.15, -0.1) is 0 Å². The molecule has 1 aromatic rings. The standard InChI is InChI=1S/C19H22N2O5/c22-17(11-21-18(23)13-4-1-2-5-14(13)19(21)24)20-12-6-7-15-16(10-12)26-9-3-8-25-15/h6-7,10,13-14H,1-5,8-9,11H2,(H,20,22). The molecule has 3 amide bonds. The molecule has 2 heterocycles. The van der Waals surface area contributed by atoms with Crippen LogP contribution in [0.1, 0.15) is 32.1 Å². The molecule has 0 bridgehead atoms. The Morgan fingerprint density at radius 1 is 1.00 bits per heavy atom. The van der Waals surface area contributed by atoms with E-state index in [1.165, 1.54) is 0 Å². The van der Waals surface area contributed by atoms with Crippen molar-refractivity contribution in [2.24, 2.45) is 11.8 Å². The molecule has 3 aliphatic rings. The van der Waals surface area contributed by atoms with Gasteiger partial charge in [-0.1, -0.05) is 12.8 Å². The van der Waals surface area contributed by atoms with Gasteiger partial charge in [0.25, 0.3) is 0 Å². The summed E-state index contributed by atoms with van der Waals surface area (Å²) in [5.41, 5.74) is 0.552. The number of imide groups is 1. The second-order valence-corrected chi connectivity index (χ2v) is 7.02. The minimum absolute atomic E-state index is 0.200. The molecule has 2 unspecified atom stereocenters. The maximum Gasteiger partial charge on any atom is 0.244 e. The van der Waals surface area contributed by atoms with Gasteiger partial charge in [0.05, 0.1) is 25.0 Å². The fourth-order valence-electron chi connectivity index (χ4n) is 3.97. The van der Waals surface area contributed by atoms with Crippen LogP contribution in [-0.4, -0.2) is 42.4 Å². The largest absolute Gasteiger partial charge is 0.490 e. The van der Waals surface area contributed by atoms with Gasteiger partial charge in [-0.2, -0.15) is 0 Å². The van der Waals surface area contributed by atoms with E-state index in [-0.39, 0.29) is 36.1 Å². The number of ether oxygens (including phenoxy) is 2. The Kier molecular flexibility index (Phi) is 4.53. The number of likely N-dealkylation sites (tertiary alicyclic amines) is 1. The normalized spacial score (nSPS) is 24.8. The molecule has 2 atom stereocenters. The molecular formula is C19H22N2O5. The Hall–Kier alpha value is -2.57. The number of hydrogen-bond acceptors (Lipinski definition) is 5. The number of hydrogen-bond donors (Lipinski definition) is 1. The molecule has 1 saturated heterocycles. The summed E-state index contributed by atoms with van der Waals surface area (Å²) in [6.07, 6.45) is 4.23. The zero-order valence-corrected chi connectivity index (χ0v) is 14.5. The zero-order valence-electron chi connectivity index (χ0n) is 14.5. The number of amides is 3. The first kappa shape index (κ1) is 16.9. The van der Waals surface area contributed by atoms with Crippen molar-refractivity contribution in [2.45, 2.75) is 32.1 Å². The molecular weight excluding hydrogens is 336 g/mol. The second-order valence-electron chi connectivity index (χ2n) is 7.02. The summed E-state index contributed by atoms with van der Waals surface area (Å²) >= 11 is 0. The van der Waals surface area contributed by atoms with Crippen LogP contribution in [0.15, 0.2) is 18.2 Å². The number of nitrogens with zero attached hydrogens (tertiary/aromatic N) is 1. The average molecular weight is 358 g/mol. The number of fused-ring (bicyclic) bond motifs is 2. The van der Waals surface area contributed by atoms with E-state index in [4.69, 9.17) is 9.47 Å². The third kappa shape index (κ3) is 3.13. The van der Waals surface area contributed by atoms with Crippen molar-refractivity contribution in [1.82, 2.24) is 4.90 Å². The fourth-order valence-corrected chi connectivity index (χ4v) is 3.97. The minimum atomic E-state index is -0.389. The number of benzene rings is 1.